The van der Waals surface area contributed by atoms with Gasteiger partial charge in [-0.15, -0.1) is 0 Å². The van der Waals surface area contributed by atoms with E-state index in [1.165, 1.54) is 18.4 Å². The SMILES string of the molecule is CCC[C@@H](C)c1nc(N2CCCN(C(=O)c3ccco3)CC2)c2c(C)nn(-c3ccc(F)cc3)c2n1. The average Bonchev–Trinajstić information content (AvgIpc) is 3.45. The van der Waals surface area contributed by atoms with Crippen LogP contribution in [0.25, 0.3) is 16.7 Å². The first-order valence-corrected chi connectivity index (χ1v) is 12.6. The molecular weight excluding hydrogens is 459 g/mol. The van der Waals surface area contributed by atoms with Crippen molar-refractivity contribution in [2.45, 2.75) is 46.0 Å². The van der Waals surface area contributed by atoms with Crippen molar-refractivity contribution in [3.05, 3.63) is 65.8 Å². The van der Waals surface area contributed by atoms with Crippen LogP contribution in [0.2, 0.25) is 0 Å². The summed E-state index contributed by atoms with van der Waals surface area (Å²) in [5.41, 5.74) is 2.28. The number of benzene rings is 1. The highest BCUT2D eigenvalue weighted by molar-refractivity contribution is 5.92. The number of anilines is 1. The quantitative estimate of drug-likeness (QED) is 0.374. The minimum Gasteiger partial charge on any atom is -0.459 e. The first-order valence-electron chi connectivity index (χ1n) is 12.6. The molecule has 188 valence electrons. The minimum absolute atomic E-state index is 0.0905. The lowest BCUT2D eigenvalue weighted by Gasteiger charge is -2.24. The van der Waals surface area contributed by atoms with Crippen molar-refractivity contribution in [1.29, 1.82) is 0 Å². The molecule has 36 heavy (non-hydrogen) atoms. The maximum atomic E-state index is 13.6. The molecule has 3 aromatic heterocycles. The Hall–Kier alpha value is -3.75. The number of halogens is 1. The molecular formula is C27H31FN6O2. The molecule has 0 radical (unpaired) electrons. The predicted molar refractivity (Wildman–Crippen MR) is 136 cm³/mol. The fraction of sp³-hybridized carbons (Fsp3) is 0.407. The van der Waals surface area contributed by atoms with Gasteiger partial charge >= 0.3 is 0 Å². The zero-order chi connectivity index (χ0) is 25.2. The number of rotatable bonds is 6. The summed E-state index contributed by atoms with van der Waals surface area (Å²) < 4.78 is 20.7. The lowest BCUT2D eigenvalue weighted by atomic mass is 10.1. The van der Waals surface area contributed by atoms with E-state index in [1.54, 1.807) is 28.9 Å². The van der Waals surface area contributed by atoms with Crippen LogP contribution in [0.1, 0.15) is 61.1 Å². The van der Waals surface area contributed by atoms with Gasteiger partial charge in [0.15, 0.2) is 11.4 Å². The van der Waals surface area contributed by atoms with Crippen molar-refractivity contribution in [1.82, 2.24) is 24.6 Å². The van der Waals surface area contributed by atoms with Crippen molar-refractivity contribution in [2.24, 2.45) is 0 Å². The van der Waals surface area contributed by atoms with E-state index >= 15 is 0 Å². The molecule has 9 heteroatoms. The van der Waals surface area contributed by atoms with Crippen LogP contribution in [0.15, 0.2) is 47.1 Å². The van der Waals surface area contributed by atoms with Gasteiger partial charge < -0.3 is 14.2 Å². The average molecular weight is 491 g/mol. The Morgan fingerprint density at radius 2 is 1.92 bits per heavy atom. The summed E-state index contributed by atoms with van der Waals surface area (Å²) in [6.45, 7) is 8.87. The van der Waals surface area contributed by atoms with Crippen LogP contribution in [0.3, 0.4) is 0 Å². The first kappa shape index (κ1) is 24.0. The number of hydrogen-bond donors (Lipinski definition) is 0. The van der Waals surface area contributed by atoms with Crippen molar-refractivity contribution in [2.75, 3.05) is 31.1 Å². The number of carbonyl (C=O) groups excluding carboxylic acids is 1. The number of fused-ring (bicyclic) bond motifs is 1. The fourth-order valence-electron chi connectivity index (χ4n) is 4.84. The Labute approximate surface area is 209 Å². The Balaban J connectivity index is 1.55. The van der Waals surface area contributed by atoms with E-state index in [1.807, 2.05) is 11.8 Å². The second-order valence-corrected chi connectivity index (χ2v) is 9.38. The molecule has 1 fully saturated rings. The van der Waals surface area contributed by atoms with Gasteiger partial charge in [0.1, 0.15) is 17.5 Å². The van der Waals surface area contributed by atoms with Crippen molar-refractivity contribution in [3.63, 3.8) is 0 Å². The third-order valence-corrected chi connectivity index (χ3v) is 6.75. The van der Waals surface area contributed by atoms with E-state index < -0.39 is 0 Å². The van der Waals surface area contributed by atoms with Crippen LogP contribution in [0.5, 0.6) is 0 Å². The second kappa shape index (κ2) is 10.1. The summed E-state index contributed by atoms with van der Waals surface area (Å²) in [5.74, 6) is 1.77. The molecule has 0 saturated carbocycles. The molecule has 1 amide bonds. The smallest absolute Gasteiger partial charge is 0.289 e. The maximum absolute atomic E-state index is 13.6. The Bertz CT molecular complexity index is 1350. The summed E-state index contributed by atoms with van der Waals surface area (Å²) in [6, 6.07) is 9.72. The fourth-order valence-corrected chi connectivity index (χ4v) is 4.84. The van der Waals surface area contributed by atoms with E-state index in [-0.39, 0.29) is 17.6 Å². The zero-order valence-corrected chi connectivity index (χ0v) is 20.9. The minimum atomic E-state index is -0.294. The number of aromatic nitrogens is 4. The van der Waals surface area contributed by atoms with Gasteiger partial charge in [-0.25, -0.2) is 19.0 Å². The molecule has 4 aromatic rings. The third-order valence-electron chi connectivity index (χ3n) is 6.75. The summed E-state index contributed by atoms with van der Waals surface area (Å²) in [6.07, 6.45) is 4.33. The number of amides is 1. The van der Waals surface area contributed by atoms with Gasteiger partial charge in [0.05, 0.1) is 23.0 Å². The summed E-state index contributed by atoms with van der Waals surface area (Å²) in [4.78, 5) is 27.0. The Morgan fingerprint density at radius 3 is 2.64 bits per heavy atom. The predicted octanol–water partition coefficient (Wildman–Crippen LogP) is 5.11. The van der Waals surface area contributed by atoms with Gasteiger partial charge in [-0.2, -0.15) is 5.10 Å². The topological polar surface area (TPSA) is 80.3 Å². The number of carbonyl (C=O) groups is 1. The Morgan fingerprint density at radius 1 is 1.11 bits per heavy atom. The van der Waals surface area contributed by atoms with Gasteiger partial charge in [0.2, 0.25) is 0 Å². The van der Waals surface area contributed by atoms with Crippen LogP contribution in [0, 0.1) is 12.7 Å². The molecule has 0 aliphatic carbocycles. The summed E-state index contributed by atoms with van der Waals surface area (Å²) in [7, 11) is 0. The lowest BCUT2D eigenvalue weighted by molar-refractivity contribution is 0.0735. The van der Waals surface area contributed by atoms with Crippen LogP contribution in [-0.2, 0) is 0 Å². The van der Waals surface area contributed by atoms with Crippen LogP contribution >= 0.6 is 0 Å². The number of aryl methyl sites for hydroxylation is 1. The van der Waals surface area contributed by atoms with Crippen molar-refractivity contribution in [3.8, 4) is 5.69 Å². The molecule has 0 bridgehead atoms. The molecule has 1 atom stereocenters. The highest BCUT2D eigenvalue weighted by atomic mass is 19.1. The van der Waals surface area contributed by atoms with E-state index in [0.29, 0.717) is 25.4 Å². The molecule has 1 aliphatic rings. The molecule has 1 aliphatic heterocycles. The first-order chi connectivity index (χ1) is 17.5. The van der Waals surface area contributed by atoms with Gasteiger partial charge in [0, 0.05) is 32.1 Å². The molecule has 0 unspecified atom stereocenters. The molecule has 8 nitrogen and oxygen atoms in total. The summed E-state index contributed by atoms with van der Waals surface area (Å²) >= 11 is 0. The van der Waals surface area contributed by atoms with Gasteiger partial charge in [0.25, 0.3) is 5.91 Å². The number of furan rings is 1. The van der Waals surface area contributed by atoms with Crippen LogP contribution < -0.4 is 4.90 Å². The molecule has 5 rings (SSSR count). The van der Waals surface area contributed by atoms with Crippen LogP contribution in [-0.4, -0.2) is 56.7 Å². The van der Waals surface area contributed by atoms with E-state index in [0.717, 1.165) is 59.9 Å². The molecule has 1 saturated heterocycles. The van der Waals surface area contributed by atoms with Crippen LogP contribution in [0.4, 0.5) is 10.2 Å². The Kier molecular flexibility index (Phi) is 6.71. The lowest BCUT2D eigenvalue weighted by Crippen LogP contribution is -2.35. The van der Waals surface area contributed by atoms with E-state index in [9.17, 15) is 9.18 Å². The van der Waals surface area contributed by atoms with Crippen molar-refractivity contribution >= 4 is 22.8 Å². The standard InChI is InChI=1S/C27H31FN6O2/c1-4-7-18(2)24-29-25(32-13-6-14-33(16-15-32)27(35)22-8-5-17-36-22)23-19(3)31-34(26(23)30-24)21-11-9-20(28)10-12-21/h5,8-12,17-18H,4,6-7,13-16H2,1-3H3/t18-/m1/s1. The normalized spacial score (nSPS) is 15.3. The van der Waals surface area contributed by atoms with E-state index in [4.69, 9.17) is 19.5 Å². The number of hydrogen-bond acceptors (Lipinski definition) is 6. The monoisotopic (exact) mass is 490 g/mol. The van der Waals surface area contributed by atoms with Gasteiger partial charge in [-0.05, 0) is 56.2 Å². The largest absolute Gasteiger partial charge is 0.459 e. The third kappa shape index (κ3) is 4.57. The highest BCUT2D eigenvalue weighted by Crippen LogP contribution is 2.32. The summed E-state index contributed by atoms with van der Waals surface area (Å²) in [5, 5.41) is 5.67. The number of nitrogens with zero attached hydrogens (tertiary/aromatic N) is 6. The maximum Gasteiger partial charge on any atom is 0.289 e. The van der Waals surface area contributed by atoms with Gasteiger partial charge in [-0.1, -0.05) is 20.3 Å². The van der Waals surface area contributed by atoms with Gasteiger partial charge in [-0.3, -0.25) is 4.79 Å². The molecule has 0 spiro atoms. The molecule has 0 N–H and O–H groups in total. The van der Waals surface area contributed by atoms with Crippen molar-refractivity contribution < 1.29 is 13.6 Å². The van der Waals surface area contributed by atoms with E-state index in [2.05, 4.69) is 18.7 Å². The zero-order valence-electron chi connectivity index (χ0n) is 20.9. The molecule has 4 heterocycles. The highest BCUT2D eigenvalue weighted by Gasteiger charge is 2.27. The molecule has 1 aromatic carbocycles. The second-order valence-electron chi connectivity index (χ2n) is 9.38.